The fourth-order valence-corrected chi connectivity index (χ4v) is 1.53. The lowest BCUT2D eigenvalue weighted by Crippen LogP contribution is -2.35. The number of ether oxygens (including phenoxy) is 2. The van der Waals surface area contributed by atoms with Crippen LogP contribution < -0.4 is 14.8 Å². The number of nitrogens with one attached hydrogen (secondary N) is 1. The van der Waals surface area contributed by atoms with Crippen LogP contribution in [0.4, 0.5) is 0 Å². The predicted octanol–water partition coefficient (Wildman–Crippen LogP) is 2.25. The number of benzene rings is 1. The Hall–Kier alpha value is -2.22. The predicted molar refractivity (Wildman–Crippen MR) is 75.7 cm³/mol. The molecule has 1 aromatic carbocycles. The zero-order valence-corrected chi connectivity index (χ0v) is 12.1. The maximum atomic E-state index is 11.6. The van der Waals surface area contributed by atoms with Gasteiger partial charge in [-0.15, -0.1) is 0 Å². The van der Waals surface area contributed by atoms with Gasteiger partial charge in [-0.3, -0.25) is 4.79 Å². The van der Waals surface area contributed by atoms with Crippen LogP contribution in [-0.2, 0) is 4.79 Å². The molecule has 0 bridgehead atoms. The van der Waals surface area contributed by atoms with Gasteiger partial charge in [0.15, 0.2) is 18.1 Å². The van der Waals surface area contributed by atoms with E-state index in [1.807, 2.05) is 26.8 Å². The van der Waals surface area contributed by atoms with E-state index in [9.17, 15) is 4.79 Å². The van der Waals surface area contributed by atoms with Gasteiger partial charge in [-0.05, 0) is 32.4 Å². The molecule has 0 aromatic heterocycles. The summed E-state index contributed by atoms with van der Waals surface area (Å²) in [6.45, 7) is 6.17. The topological polar surface area (TPSA) is 71.3 Å². The first-order valence-electron chi connectivity index (χ1n) is 6.69. The largest absolute Gasteiger partial charge is 0.490 e. The smallest absolute Gasteiger partial charge is 0.258 e. The van der Waals surface area contributed by atoms with Gasteiger partial charge in [0.05, 0.1) is 18.2 Å². The van der Waals surface area contributed by atoms with Crippen molar-refractivity contribution in [2.75, 3.05) is 13.2 Å². The van der Waals surface area contributed by atoms with Crippen LogP contribution in [0, 0.1) is 11.3 Å². The Labute approximate surface area is 119 Å². The highest BCUT2D eigenvalue weighted by molar-refractivity contribution is 5.77. The molecular formula is C15H20N2O3. The number of hydrogen-bond acceptors (Lipinski definition) is 4. The minimum atomic E-state index is -0.175. The highest BCUT2D eigenvalue weighted by atomic mass is 16.5. The van der Waals surface area contributed by atoms with Crippen molar-refractivity contribution >= 4 is 5.91 Å². The molecule has 0 unspecified atom stereocenters. The van der Waals surface area contributed by atoms with Crippen LogP contribution in [0.15, 0.2) is 18.2 Å². The second kappa shape index (κ2) is 8.05. The lowest BCUT2D eigenvalue weighted by Gasteiger charge is -2.14. The van der Waals surface area contributed by atoms with Crippen LogP contribution in [0.25, 0.3) is 0 Å². The first-order valence-corrected chi connectivity index (χ1v) is 6.69. The molecule has 108 valence electrons. The molecule has 0 aliphatic heterocycles. The van der Waals surface area contributed by atoms with Crippen molar-refractivity contribution in [1.29, 1.82) is 5.26 Å². The standard InChI is InChI=1S/C15H20N2O3/c1-4-11(3)17-15(18)10-20-13-7-6-12(9-16)8-14(13)19-5-2/h6-8,11H,4-5,10H2,1-3H3,(H,17,18)/t11-/m1/s1. The number of rotatable bonds is 7. The molecule has 0 heterocycles. The van der Waals surface area contributed by atoms with Crippen molar-refractivity contribution in [2.24, 2.45) is 0 Å². The van der Waals surface area contributed by atoms with Crippen LogP contribution in [0.5, 0.6) is 11.5 Å². The highest BCUT2D eigenvalue weighted by Crippen LogP contribution is 2.28. The van der Waals surface area contributed by atoms with Crippen LogP contribution in [0.3, 0.4) is 0 Å². The van der Waals surface area contributed by atoms with E-state index >= 15 is 0 Å². The zero-order valence-electron chi connectivity index (χ0n) is 12.1. The first kappa shape index (κ1) is 15.8. The van der Waals surface area contributed by atoms with Gasteiger partial charge in [0.25, 0.3) is 5.91 Å². The minimum Gasteiger partial charge on any atom is -0.490 e. The number of carbonyl (C=O) groups excluding carboxylic acids is 1. The summed E-state index contributed by atoms with van der Waals surface area (Å²) in [6, 6.07) is 7.03. The van der Waals surface area contributed by atoms with E-state index in [4.69, 9.17) is 14.7 Å². The summed E-state index contributed by atoms with van der Waals surface area (Å²) in [6.07, 6.45) is 0.868. The van der Waals surface area contributed by atoms with Crippen molar-refractivity contribution in [1.82, 2.24) is 5.32 Å². The zero-order chi connectivity index (χ0) is 15.0. The SMILES string of the molecule is CCOc1cc(C#N)ccc1OCC(=O)N[C@H](C)CC. The third-order valence-electron chi connectivity index (χ3n) is 2.75. The van der Waals surface area contributed by atoms with E-state index in [0.717, 1.165) is 6.42 Å². The van der Waals surface area contributed by atoms with E-state index < -0.39 is 0 Å². The molecule has 0 fully saturated rings. The summed E-state index contributed by atoms with van der Waals surface area (Å²) >= 11 is 0. The Morgan fingerprint density at radius 2 is 2.10 bits per heavy atom. The fourth-order valence-electron chi connectivity index (χ4n) is 1.53. The molecule has 1 atom stereocenters. The Morgan fingerprint density at radius 3 is 2.70 bits per heavy atom. The third-order valence-corrected chi connectivity index (χ3v) is 2.75. The summed E-state index contributed by atoms with van der Waals surface area (Å²) in [5.74, 6) is 0.763. The molecule has 1 rings (SSSR count). The summed E-state index contributed by atoms with van der Waals surface area (Å²) in [7, 11) is 0. The second-order valence-corrected chi connectivity index (χ2v) is 4.37. The quantitative estimate of drug-likeness (QED) is 0.829. The van der Waals surface area contributed by atoms with Gasteiger partial charge in [0, 0.05) is 12.1 Å². The molecule has 0 radical (unpaired) electrons. The number of amides is 1. The molecule has 1 N–H and O–H groups in total. The van der Waals surface area contributed by atoms with Gasteiger partial charge in [0.1, 0.15) is 0 Å². The van der Waals surface area contributed by atoms with Crippen molar-refractivity contribution < 1.29 is 14.3 Å². The summed E-state index contributed by atoms with van der Waals surface area (Å²) < 4.78 is 10.9. The van der Waals surface area contributed by atoms with Gasteiger partial charge in [-0.1, -0.05) is 6.92 Å². The number of nitrogens with zero attached hydrogens (tertiary/aromatic N) is 1. The molecular weight excluding hydrogens is 256 g/mol. The minimum absolute atomic E-state index is 0.0731. The van der Waals surface area contributed by atoms with E-state index in [1.165, 1.54) is 0 Å². The van der Waals surface area contributed by atoms with Crippen LogP contribution in [0.1, 0.15) is 32.8 Å². The number of nitriles is 1. The monoisotopic (exact) mass is 276 g/mol. The fraction of sp³-hybridized carbons (Fsp3) is 0.467. The maximum absolute atomic E-state index is 11.6. The maximum Gasteiger partial charge on any atom is 0.258 e. The van der Waals surface area contributed by atoms with Gasteiger partial charge in [0.2, 0.25) is 0 Å². The molecule has 0 saturated carbocycles. The average molecular weight is 276 g/mol. The Kier molecular flexibility index (Phi) is 6.38. The molecule has 5 nitrogen and oxygen atoms in total. The van der Waals surface area contributed by atoms with Crippen LogP contribution >= 0.6 is 0 Å². The van der Waals surface area contributed by atoms with Crippen LogP contribution in [-0.4, -0.2) is 25.2 Å². The summed E-state index contributed by atoms with van der Waals surface area (Å²) in [5, 5.41) is 11.7. The van der Waals surface area contributed by atoms with Gasteiger partial charge in [-0.25, -0.2) is 0 Å². The average Bonchev–Trinajstić information content (AvgIpc) is 2.46. The van der Waals surface area contributed by atoms with Crippen molar-refractivity contribution in [3.63, 3.8) is 0 Å². The molecule has 1 aromatic rings. The molecule has 0 aliphatic carbocycles. The lowest BCUT2D eigenvalue weighted by molar-refractivity contribution is -0.123. The van der Waals surface area contributed by atoms with E-state index in [-0.39, 0.29) is 18.6 Å². The normalized spacial score (nSPS) is 11.3. The number of carbonyl (C=O) groups is 1. The molecule has 0 saturated heterocycles. The highest BCUT2D eigenvalue weighted by Gasteiger charge is 2.10. The molecule has 5 heteroatoms. The third kappa shape index (κ3) is 4.81. The van der Waals surface area contributed by atoms with E-state index in [2.05, 4.69) is 5.32 Å². The summed E-state index contributed by atoms with van der Waals surface area (Å²) in [4.78, 5) is 11.6. The number of hydrogen-bond donors (Lipinski definition) is 1. The Bertz CT molecular complexity index is 494. The van der Waals surface area contributed by atoms with Gasteiger partial charge in [-0.2, -0.15) is 5.26 Å². The Balaban J connectivity index is 2.67. The van der Waals surface area contributed by atoms with Gasteiger partial charge < -0.3 is 14.8 Å². The van der Waals surface area contributed by atoms with Crippen molar-refractivity contribution in [3.05, 3.63) is 23.8 Å². The molecule has 0 aliphatic rings. The van der Waals surface area contributed by atoms with Crippen molar-refractivity contribution in [2.45, 2.75) is 33.2 Å². The summed E-state index contributed by atoms with van der Waals surface area (Å²) in [5.41, 5.74) is 0.491. The van der Waals surface area contributed by atoms with Crippen LogP contribution in [0.2, 0.25) is 0 Å². The molecule has 20 heavy (non-hydrogen) atoms. The second-order valence-electron chi connectivity index (χ2n) is 4.37. The Morgan fingerprint density at radius 1 is 1.35 bits per heavy atom. The van der Waals surface area contributed by atoms with Crippen molar-refractivity contribution in [3.8, 4) is 17.6 Å². The van der Waals surface area contributed by atoms with Gasteiger partial charge >= 0.3 is 0 Å². The van der Waals surface area contributed by atoms with E-state index in [0.29, 0.717) is 23.7 Å². The van der Waals surface area contributed by atoms with E-state index in [1.54, 1.807) is 18.2 Å². The lowest BCUT2D eigenvalue weighted by atomic mass is 10.2. The molecule has 0 spiro atoms. The molecule has 1 amide bonds. The first-order chi connectivity index (χ1) is 9.60.